The Morgan fingerprint density at radius 1 is 0.969 bits per heavy atom. The first-order chi connectivity index (χ1) is 15.5. The first-order valence-corrected chi connectivity index (χ1v) is 11.4. The number of rotatable bonds is 5. The SMILES string of the molecule is Cc1cc2c(cc1C)N=C(c1ccc(F)cc1)CC(SCC(=O)NCc1ccccc1)=N2. The molecule has 0 bridgehead atoms. The number of benzene rings is 3. The Labute approximate surface area is 191 Å². The molecule has 0 unspecified atom stereocenters. The smallest absolute Gasteiger partial charge is 0.230 e. The van der Waals surface area contributed by atoms with Crippen LogP contribution in [0.15, 0.2) is 76.7 Å². The maximum Gasteiger partial charge on any atom is 0.230 e. The van der Waals surface area contributed by atoms with Gasteiger partial charge < -0.3 is 5.32 Å². The Morgan fingerprint density at radius 2 is 1.62 bits per heavy atom. The second-order valence-electron chi connectivity index (χ2n) is 7.72. The molecular formula is C26H24FN3OS. The maximum absolute atomic E-state index is 13.4. The van der Waals surface area contributed by atoms with Gasteiger partial charge in [0, 0.05) is 13.0 Å². The number of thioether (sulfide) groups is 1. The highest BCUT2D eigenvalue weighted by molar-refractivity contribution is 8.14. The zero-order valence-corrected chi connectivity index (χ0v) is 18.9. The van der Waals surface area contributed by atoms with E-state index in [2.05, 4.69) is 5.32 Å². The Hall–Kier alpha value is -3.25. The average molecular weight is 446 g/mol. The van der Waals surface area contributed by atoms with Crippen LogP contribution in [0.5, 0.6) is 0 Å². The van der Waals surface area contributed by atoms with Gasteiger partial charge in [-0.05, 0) is 60.4 Å². The standard InChI is InChI=1S/C26H24FN3OS/c1-17-12-23-24(13-18(17)2)30-26(14-22(29-23)20-8-10-21(27)11-9-20)32-16-25(31)28-15-19-6-4-3-5-7-19/h3-13H,14-16H2,1-2H3,(H,28,31). The van der Waals surface area contributed by atoms with E-state index in [4.69, 9.17) is 9.98 Å². The zero-order chi connectivity index (χ0) is 22.5. The van der Waals surface area contributed by atoms with Crippen LogP contribution in [0.4, 0.5) is 15.8 Å². The summed E-state index contributed by atoms with van der Waals surface area (Å²) >= 11 is 1.41. The van der Waals surface area contributed by atoms with Crippen LogP contribution < -0.4 is 5.32 Å². The molecule has 0 spiro atoms. The number of fused-ring (bicyclic) bond motifs is 1. The van der Waals surface area contributed by atoms with E-state index in [1.165, 1.54) is 23.9 Å². The number of hydrogen-bond acceptors (Lipinski definition) is 4. The first-order valence-electron chi connectivity index (χ1n) is 10.4. The van der Waals surface area contributed by atoms with Crippen LogP contribution in [0.1, 0.15) is 28.7 Å². The quantitative estimate of drug-likeness (QED) is 0.520. The fourth-order valence-electron chi connectivity index (χ4n) is 3.36. The zero-order valence-electron chi connectivity index (χ0n) is 18.1. The first kappa shape index (κ1) is 22.0. The van der Waals surface area contributed by atoms with Gasteiger partial charge in [-0.1, -0.05) is 42.5 Å². The van der Waals surface area contributed by atoms with E-state index < -0.39 is 0 Å². The average Bonchev–Trinajstić information content (AvgIpc) is 2.97. The lowest BCUT2D eigenvalue weighted by atomic mass is 10.1. The van der Waals surface area contributed by atoms with Crippen LogP contribution in [0.2, 0.25) is 0 Å². The number of carbonyl (C=O) groups excluding carboxylic acids is 1. The molecule has 1 amide bonds. The number of nitrogens with zero attached hydrogens (tertiary/aromatic N) is 2. The minimum absolute atomic E-state index is 0.0496. The molecule has 1 aliphatic rings. The third kappa shape index (κ3) is 5.51. The van der Waals surface area contributed by atoms with Crippen molar-refractivity contribution >= 4 is 39.8 Å². The van der Waals surface area contributed by atoms with E-state index >= 15 is 0 Å². The summed E-state index contributed by atoms with van der Waals surface area (Å²) in [5.74, 6) is -0.0673. The van der Waals surface area contributed by atoms with Crippen molar-refractivity contribution in [1.82, 2.24) is 5.32 Å². The molecule has 0 saturated carbocycles. The summed E-state index contributed by atoms with van der Waals surface area (Å²) in [5.41, 5.74) is 6.56. The van der Waals surface area contributed by atoms with Crippen LogP contribution in [0.25, 0.3) is 0 Å². The van der Waals surface area contributed by atoms with E-state index in [0.29, 0.717) is 13.0 Å². The van der Waals surface area contributed by atoms with E-state index in [9.17, 15) is 9.18 Å². The van der Waals surface area contributed by atoms with Crippen LogP contribution in [0.3, 0.4) is 0 Å². The van der Waals surface area contributed by atoms with Crippen molar-refractivity contribution in [2.75, 3.05) is 5.75 Å². The molecule has 0 atom stereocenters. The summed E-state index contributed by atoms with van der Waals surface area (Å²) in [4.78, 5) is 22.1. The molecule has 1 aliphatic heterocycles. The molecule has 0 radical (unpaired) electrons. The van der Waals surface area contributed by atoms with Gasteiger partial charge in [0.1, 0.15) is 5.82 Å². The number of carbonyl (C=O) groups is 1. The van der Waals surface area contributed by atoms with Crippen molar-refractivity contribution < 1.29 is 9.18 Å². The second kappa shape index (κ2) is 9.92. The Balaban J connectivity index is 1.53. The Kier molecular flexibility index (Phi) is 6.81. The highest BCUT2D eigenvalue weighted by Gasteiger charge is 2.17. The summed E-state index contributed by atoms with van der Waals surface area (Å²) in [6, 6.07) is 20.2. The molecule has 0 fully saturated rings. The lowest BCUT2D eigenvalue weighted by molar-refractivity contribution is -0.118. The summed E-state index contributed by atoms with van der Waals surface area (Å²) in [6.07, 6.45) is 0.481. The number of amides is 1. The van der Waals surface area contributed by atoms with Crippen LogP contribution in [-0.4, -0.2) is 22.4 Å². The van der Waals surface area contributed by atoms with Gasteiger partial charge in [-0.3, -0.25) is 9.79 Å². The van der Waals surface area contributed by atoms with Gasteiger partial charge in [0.25, 0.3) is 0 Å². The van der Waals surface area contributed by atoms with Crippen LogP contribution in [-0.2, 0) is 11.3 Å². The second-order valence-corrected chi connectivity index (χ2v) is 8.77. The minimum atomic E-state index is -0.284. The van der Waals surface area contributed by atoms with Crippen LogP contribution >= 0.6 is 11.8 Å². The molecule has 3 aromatic rings. The molecule has 162 valence electrons. The van der Waals surface area contributed by atoms with Crippen molar-refractivity contribution in [3.05, 3.63) is 94.8 Å². The summed E-state index contributed by atoms with van der Waals surface area (Å²) in [7, 11) is 0. The number of aryl methyl sites for hydroxylation is 2. The third-order valence-electron chi connectivity index (χ3n) is 5.29. The molecule has 0 aromatic heterocycles. The summed E-state index contributed by atoms with van der Waals surface area (Å²) in [6.45, 7) is 4.59. The van der Waals surface area contributed by atoms with Gasteiger partial charge in [0.15, 0.2) is 0 Å². The monoisotopic (exact) mass is 445 g/mol. The molecule has 0 saturated heterocycles. The highest BCUT2D eigenvalue weighted by atomic mass is 32.2. The lowest BCUT2D eigenvalue weighted by Gasteiger charge is -2.08. The van der Waals surface area contributed by atoms with Gasteiger partial charge in [-0.25, -0.2) is 9.38 Å². The fraction of sp³-hybridized carbons (Fsp3) is 0.192. The predicted molar refractivity (Wildman–Crippen MR) is 131 cm³/mol. The van der Waals surface area contributed by atoms with Crippen molar-refractivity contribution in [2.24, 2.45) is 9.98 Å². The molecule has 3 aromatic carbocycles. The largest absolute Gasteiger partial charge is 0.351 e. The van der Waals surface area contributed by atoms with Gasteiger partial charge in [0.2, 0.25) is 5.91 Å². The fourth-order valence-corrected chi connectivity index (χ4v) is 4.16. The van der Waals surface area contributed by atoms with Gasteiger partial charge >= 0.3 is 0 Å². The lowest BCUT2D eigenvalue weighted by Crippen LogP contribution is -2.25. The molecule has 6 heteroatoms. The van der Waals surface area contributed by atoms with Gasteiger partial charge in [0.05, 0.1) is 27.9 Å². The number of nitrogens with one attached hydrogen (secondary N) is 1. The molecule has 0 aliphatic carbocycles. The van der Waals surface area contributed by atoms with E-state index in [1.807, 2.05) is 56.3 Å². The molecule has 4 rings (SSSR count). The Morgan fingerprint density at radius 3 is 2.31 bits per heavy atom. The molecule has 32 heavy (non-hydrogen) atoms. The van der Waals surface area contributed by atoms with E-state index in [-0.39, 0.29) is 17.5 Å². The molecule has 1 heterocycles. The Bertz CT molecular complexity index is 1190. The third-order valence-corrected chi connectivity index (χ3v) is 6.27. The van der Waals surface area contributed by atoms with Gasteiger partial charge in [-0.15, -0.1) is 11.8 Å². The van der Waals surface area contributed by atoms with E-state index in [1.54, 1.807) is 12.1 Å². The maximum atomic E-state index is 13.4. The number of aliphatic imine (C=N–C) groups is 2. The predicted octanol–water partition coefficient (Wildman–Crippen LogP) is 6.05. The van der Waals surface area contributed by atoms with Crippen molar-refractivity contribution in [1.29, 1.82) is 0 Å². The normalized spacial score (nSPS) is 13.0. The highest BCUT2D eigenvalue weighted by Crippen LogP contribution is 2.36. The number of hydrogen-bond donors (Lipinski definition) is 1. The topological polar surface area (TPSA) is 53.8 Å². The summed E-state index contributed by atoms with van der Waals surface area (Å²) in [5, 5.41) is 3.76. The minimum Gasteiger partial charge on any atom is -0.351 e. The van der Waals surface area contributed by atoms with Crippen molar-refractivity contribution in [3.8, 4) is 0 Å². The molecule has 4 nitrogen and oxygen atoms in total. The van der Waals surface area contributed by atoms with Crippen molar-refractivity contribution in [2.45, 2.75) is 26.8 Å². The van der Waals surface area contributed by atoms with E-state index in [0.717, 1.165) is 44.4 Å². The number of halogens is 1. The van der Waals surface area contributed by atoms with Crippen LogP contribution in [0, 0.1) is 19.7 Å². The van der Waals surface area contributed by atoms with Crippen molar-refractivity contribution in [3.63, 3.8) is 0 Å². The molecule has 1 N–H and O–H groups in total. The van der Waals surface area contributed by atoms with Gasteiger partial charge in [-0.2, -0.15) is 0 Å². The molecular weight excluding hydrogens is 421 g/mol. The summed E-state index contributed by atoms with van der Waals surface area (Å²) < 4.78 is 13.4.